The smallest absolute Gasteiger partial charge is 0.182 e. The minimum Gasteiger partial charge on any atom is -0.305 e. The molecular weight excluding hydrogens is 270 g/mol. The van der Waals surface area contributed by atoms with Crippen LogP contribution in [0.3, 0.4) is 0 Å². The Hall–Kier alpha value is -1.65. The molecule has 0 aliphatic rings. The molecule has 106 valence electrons. The normalized spacial score (nSPS) is 11.8. The quantitative estimate of drug-likeness (QED) is 0.849. The highest BCUT2D eigenvalue weighted by atomic mass is 32.2. The van der Waals surface area contributed by atoms with Gasteiger partial charge in [0.05, 0.1) is 10.6 Å². The Balaban J connectivity index is 2.31. The van der Waals surface area contributed by atoms with E-state index in [-0.39, 0.29) is 5.75 Å². The minimum atomic E-state index is -3.29. The fourth-order valence-corrected chi connectivity index (χ4v) is 3.54. The van der Waals surface area contributed by atoms with Crippen molar-refractivity contribution in [1.82, 2.24) is 4.90 Å². The van der Waals surface area contributed by atoms with Gasteiger partial charge < -0.3 is 4.90 Å². The zero-order valence-corrected chi connectivity index (χ0v) is 12.6. The third-order valence-electron chi connectivity index (χ3n) is 3.05. The van der Waals surface area contributed by atoms with Gasteiger partial charge >= 0.3 is 0 Å². The lowest BCUT2D eigenvalue weighted by Crippen LogP contribution is -2.14. The van der Waals surface area contributed by atoms with E-state index in [1.807, 2.05) is 49.3 Å². The van der Waals surface area contributed by atoms with Crippen LogP contribution in [0.5, 0.6) is 0 Å². The number of sulfone groups is 1. The molecule has 0 radical (unpaired) electrons. The van der Waals surface area contributed by atoms with E-state index in [1.165, 1.54) is 0 Å². The zero-order valence-electron chi connectivity index (χ0n) is 11.8. The highest BCUT2D eigenvalue weighted by Crippen LogP contribution is 2.19. The summed E-state index contributed by atoms with van der Waals surface area (Å²) >= 11 is 0. The molecule has 0 unspecified atom stereocenters. The molecule has 0 spiro atoms. The van der Waals surface area contributed by atoms with E-state index in [0.29, 0.717) is 4.90 Å². The van der Waals surface area contributed by atoms with Crippen LogP contribution in [0, 0.1) is 0 Å². The maximum Gasteiger partial charge on any atom is 0.182 e. The monoisotopic (exact) mass is 289 g/mol. The molecule has 0 saturated heterocycles. The number of nitrogens with zero attached hydrogens (tertiary/aromatic N) is 1. The number of rotatable bonds is 5. The van der Waals surface area contributed by atoms with E-state index in [1.54, 1.807) is 24.3 Å². The standard InChI is InChI=1S/C16H19NO2S/c1-17(2)12-14-8-6-7-9-15(14)13-20(18,19)16-10-4-3-5-11-16/h3-11H,12-13H2,1-2H3. The van der Waals surface area contributed by atoms with Crippen LogP contribution in [-0.2, 0) is 22.1 Å². The van der Waals surface area contributed by atoms with Crippen molar-refractivity contribution in [2.24, 2.45) is 0 Å². The van der Waals surface area contributed by atoms with Gasteiger partial charge in [-0.25, -0.2) is 8.42 Å². The Bertz CT molecular complexity index is 664. The van der Waals surface area contributed by atoms with E-state index in [9.17, 15) is 8.42 Å². The second kappa shape index (κ2) is 6.20. The molecule has 0 bridgehead atoms. The molecule has 20 heavy (non-hydrogen) atoms. The summed E-state index contributed by atoms with van der Waals surface area (Å²) in [6.07, 6.45) is 0. The van der Waals surface area contributed by atoms with Gasteiger partial charge in [0.2, 0.25) is 0 Å². The van der Waals surface area contributed by atoms with Crippen molar-refractivity contribution in [3.63, 3.8) is 0 Å². The summed E-state index contributed by atoms with van der Waals surface area (Å²) in [6, 6.07) is 16.3. The minimum absolute atomic E-state index is 0.0427. The summed E-state index contributed by atoms with van der Waals surface area (Å²) in [7, 11) is 0.659. The predicted molar refractivity (Wildman–Crippen MR) is 81.2 cm³/mol. The molecule has 0 amide bonds. The first-order valence-corrected chi connectivity index (χ1v) is 8.13. The zero-order chi connectivity index (χ0) is 14.6. The van der Waals surface area contributed by atoms with Crippen molar-refractivity contribution in [2.45, 2.75) is 17.2 Å². The Kier molecular flexibility index (Phi) is 4.57. The van der Waals surface area contributed by atoms with Crippen molar-refractivity contribution >= 4 is 9.84 Å². The van der Waals surface area contributed by atoms with Gasteiger partial charge in [-0.3, -0.25) is 0 Å². The van der Waals surface area contributed by atoms with Crippen molar-refractivity contribution in [2.75, 3.05) is 14.1 Å². The lowest BCUT2D eigenvalue weighted by Gasteiger charge is -2.14. The van der Waals surface area contributed by atoms with Crippen molar-refractivity contribution in [1.29, 1.82) is 0 Å². The fraction of sp³-hybridized carbons (Fsp3) is 0.250. The van der Waals surface area contributed by atoms with Crippen LogP contribution in [-0.4, -0.2) is 27.4 Å². The van der Waals surface area contributed by atoms with Crippen LogP contribution in [0.2, 0.25) is 0 Å². The van der Waals surface area contributed by atoms with Crippen LogP contribution >= 0.6 is 0 Å². The molecule has 2 aromatic carbocycles. The number of benzene rings is 2. The molecule has 0 aromatic heterocycles. The Morgan fingerprint density at radius 3 is 2.00 bits per heavy atom. The molecule has 3 nitrogen and oxygen atoms in total. The van der Waals surface area contributed by atoms with Crippen LogP contribution in [0.4, 0.5) is 0 Å². The van der Waals surface area contributed by atoms with Gasteiger partial charge in [0.15, 0.2) is 9.84 Å². The van der Waals surface area contributed by atoms with E-state index in [0.717, 1.165) is 17.7 Å². The molecule has 0 N–H and O–H groups in total. The lowest BCUT2D eigenvalue weighted by atomic mass is 10.1. The first-order valence-electron chi connectivity index (χ1n) is 6.48. The van der Waals surface area contributed by atoms with Crippen molar-refractivity contribution in [3.05, 3.63) is 65.7 Å². The average molecular weight is 289 g/mol. The second-order valence-electron chi connectivity index (χ2n) is 5.08. The molecule has 0 heterocycles. The van der Waals surface area contributed by atoms with E-state index in [4.69, 9.17) is 0 Å². The van der Waals surface area contributed by atoms with Crippen molar-refractivity contribution < 1.29 is 8.42 Å². The second-order valence-corrected chi connectivity index (χ2v) is 7.07. The number of hydrogen-bond donors (Lipinski definition) is 0. The maximum atomic E-state index is 12.4. The van der Waals surface area contributed by atoms with E-state index >= 15 is 0 Å². The molecule has 0 aliphatic heterocycles. The summed E-state index contributed by atoms with van der Waals surface area (Å²) in [5.41, 5.74) is 1.92. The van der Waals surface area contributed by atoms with E-state index in [2.05, 4.69) is 0 Å². The molecule has 0 atom stereocenters. The first-order chi connectivity index (χ1) is 9.49. The topological polar surface area (TPSA) is 37.4 Å². The SMILES string of the molecule is CN(C)Cc1ccccc1CS(=O)(=O)c1ccccc1. The van der Waals surface area contributed by atoms with E-state index < -0.39 is 9.84 Å². The molecule has 0 aliphatic carbocycles. The highest BCUT2D eigenvalue weighted by Gasteiger charge is 2.16. The number of hydrogen-bond acceptors (Lipinski definition) is 3. The summed E-state index contributed by atoms with van der Waals surface area (Å²) in [5, 5.41) is 0. The molecule has 4 heteroatoms. The third-order valence-corrected chi connectivity index (χ3v) is 4.73. The van der Waals surface area contributed by atoms with Gasteiger partial charge in [-0.2, -0.15) is 0 Å². The Labute approximate surface area is 120 Å². The molecule has 2 aromatic rings. The Morgan fingerprint density at radius 2 is 1.40 bits per heavy atom. The average Bonchev–Trinajstić information content (AvgIpc) is 2.41. The van der Waals surface area contributed by atoms with Crippen LogP contribution < -0.4 is 0 Å². The molecule has 0 fully saturated rings. The molecule has 2 rings (SSSR count). The summed E-state index contributed by atoms with van der Waals surface area (Å²) < 4.78 is 24.9. The maximum absolute atomic E-state index is 12.4. The van der Waals surface area contributed by atoms with Crippen LogP contribution in [0.1, 0.15) is 11.1 Å². The summed E-state index contributed by atoms with van der Waals surface area (Å²) in [6.45, 7) is 0.737. The predicted octanol–water partition coefficient (Wildman–Crippen LogP) is 2.72. The fourth-order valence-electron chi connectivity index (χ4n) is 2.11. The Morgan fingerprint density at radius 1 is 0.850 bits per heavy atom. The van der Waals surface area contributed by atoms with Gasteiger partial charge in [-0.15, -0.1) is 0 Å². The van der Waals surface area contributed by atoms with Gasteiger partial charge in [0.25, 0.3) is 0 Å². The largest absolute Gasteiger partial charge is 0.305 e. The third kappa shape index (κ3) is 3.68. The van der Waals surface area contributed by atoms with Gasteiger partial charge in [0.1, 0.15) is 0 Å². The van der Waals surface area contributed by atoms with Gasteiger partial charge in [0, 0.05) is 6.54 Å². The summed E-state index contributed by atoms with van der Waals surface area (Å²) in [5.74, 6) is 0.0427. The lowest BCUT2D eigenvalue weighted by molar-refractivity contribution is 0.401. The van der Waals surface area contributed by atoms with Crippen LogP contribution in [0.25, 0.3) is 0 Å². The molecular formula is C16H19NO2S. The molecule has 0 saturated carbocycles. The highest BCUT2D eigenvalue weighted by molar-refractivity contribution is 7.90. The first kappa shape index (κ1) is 14.8. The summed E-state index contributed by atoms with van der Waals surface area (Å²) in [4.78, 5) is 2.41. The van der Waals surface area contributed by atoms with Crippen LogP contribution in [0.15, 0.2) is 59.5 Å². The van der Waals surface area contributed by atoms with Crippen molar-refractivity contribution in [3.8, 4) is 0 Å². The van der Waals surface area contributed by atoms with Gasteiger partial charge in [-0.05, 0) is 37.4 Å². The van der Waals surface area contributed by atoms with Gasteiger partial charge in [-0.1, -0.05) is 42.5 Å².